The molecule has 4 aliphatic rings. The van der Waals surface area contributed by atoms with Crippen LogP contribution in [0.25, 0.3) is 0 Å². The van der Waals surface area contributed by atoms with Gasteiger partial charge in [0.2, 0.25) is 0 Å². The lowest BCUT2D eigenvalue weighted by atomic mass is 9.65. The molecule has 9 nitrogen and oxygen atoms in total. The molecule has 4 rings (SSSR count). The second-order valence-electron chi connectivity index (χ2n) is 15.5. The summed E-state index contributed by atoms with van der Waals surface area (Å²) >= 11 is 0. The van der Waals surface area contributed by atoms with Gasteiger partial charge < -0.3 is 33.9 Å². The van der Waals surface area contributed by atoms with Crippen molar-refractivity contribution in [2.45, 2.75) is 162 Å². The summed E-state index contributed by atoms with van der Waals surface area (Å²) in [4.78, 5) is 24.6. The fraction of sp³-hybridized carbons (Fsp3) is 0.805. The molecule has 0 unspecified atom stereocenters. The Bertz CT molecular complexity index is 1110. The molecule has 2 aliphatic heterocycles. The third-order valence-electron chi connectivity index (χ3n) is 10.7. The quantitative estimate of drug-likeness (QED) is 0.0895. The number of rotatable bonds is 17. The van der Waals surface area contributed by atoms with Crippen molar-refractivity contribution in [3.63, 3.8) is 0 Å². The number of hydrogen-bond acceptors (Lipinski definition) is 9. The molecule has 0 aromatic carbocycles. The van der Waals surface area contributed by atoms with E-state index in [1.165, 1.54) is 31.3 Å². The Morgan fingerprint density at radius 3 is 2.36 bits per heavy atom. The van der Waals surface area contributed by atoms with Crippen LogP contribution in [0.15, 0.2) is 36.0 Å². The van der Waals surface area contributed by atoms with E-state index in [2.05, 4.69) is 45.9 Å². The van der Waals surface area contributed by atoms with Gasteiger partial charge in [-0.05, 0) is 81.8 Å². The lowest BCUT2D eigenvalue weighted by Crippen LogP contribution is -2.43. The molecule has 50 heavy (non-hydrogen) atoms. The number of unbranched alkanes of at least 4 members (excludes halogenated alkanes) is 4. The summed E-state index contributed by atoms with van der Waals surface area (Å²) < 4.78 is 28.6. The summed E-state index contributed by atoms with van der Waals surface area (Å²) in [5.41, 5.74) is 0.785. The predicted octanol–water partition coefficient (Wildman–Crippen LogP) is 7.63. The van der Waals surface area contributed by atoms with Crippen molar-refractivity contribution >= 4 is 11.9 Å². The van der Waals surface area contributed by atoms with Gasteiger partial charge in [-0.2, -0.15) is 0 Å². The van der Waals surface area contributed by atoms with Gasteiger partial charge in [0.15, 0.2) is 6.29 Å². The van der Waals surface area contributed by atoms with E-state index >= 15 is 0 Å². The number of aliphatic hydroxyl groups excluding tert-OH is 2. The normalized spacial score (nSPS) is 32.3. The number of carbonyl (C=O) groups excluding carboxylic acids is 2. The zero-order chi connectivity index (χ0) is 36.7. The van der Waals surface area contributed by atoms with E-state index < -0.39 is 17.8 Å². The van der Waals surface area contributed by atoms with Crippen molar-refractivity contribution in [2.75, 3.05) is 19.8 Å². The molecule has 286 valence electrons. The minimum Gasteiger partial charge on any atom is -0.462 e. The van der Waals surface area contributed by atoms with E-state index in [4.69, 9.17) is 23.7 Å². The summed E-state index contributed by atoms with van der Waals surface area (Å²) in [6, 6.07) is 0. The second kappa shape index (κ2) is 21.5. The minimum absolute atomic E-state index is 0.0949. The second-order valence-corrected chi connectivity index (χ2v) is 15.5. The number of allylic oxidation sites excluding steroid dienone is 3. The van der Waals surface area contributed by atoms with Gasteiger partial charge >= 0.3 is 11.9 Å². The highest BCUT2D eigenvalue weighted by molar-refractivity contribution is 5.76. The molecule has 2 N–H and O–H groups in total. The first-order valence-corrected chi connectivity index (χ1v) is 19.6. The van der Waals surface area contributed by atoms with Crippen LogP contribution in [0, 0.1) is 29.1 Å². The fourth-order valence-electron chi connectivity index (χ4n) is 7.23. The summed E-state index contributed by atoms with van der Waals surface area (Å²) in [5.74, 6) is 0.776. The molecular formula is C41H68O9. The van der Waals surface area contributed by atoms with Crippen LogP contribution >= 0.6 is 0 Å². The van der Waals surface area contributed by atoms with E-state index in [1.54, 1.807) is 6.08 Å². The largest absolute Gasteiger partial charge is 0.462 e. The summed E-state index contributed by atoms with van der Waals surface area (Å²) in [6.45, 7) is 16.6. The van der Waals surface area contributed by atoms with Gasteiger partial charge in [0.25, 0.3) is 0 Å². The molecular weight excluding hydrogens is 636 g/mol. The topological polar surface area (TPSA) is 121 Å². The van der Waals surface area contributed by atoms with Crippen molar-refractivity contribution in [1.82, 2.24) is 0 Å². The first-order chi connectivity index (χ1) is 23.9. The highest BCUT2D eigenvalue weighted by Crippen LogP contribution is 2.45. The Hall–Kier alpha value is -2.04. The maximum absolute atomic E-state index is 12.9. The molecule has 0 amide bonds. The molecule has 0 bridgehead atoms. The third-order valence-corrected chi connectivity index (χ3v) is 10.7. The zero-order valence-electron chi connectivity index (χ0n) is 32.0. The van der Waals surface area contributed by atoms with E-state index in [0.717, 1.165) is 51.7 Å². The summed E-state index contributed by atoms with van der Waals surface area (Å²) in [6.07, 6.45) is 18.9. The summed E-state index contributed by atoms with van der Waals surface area (Å²) in [7, 11) is 0. The maximum atomic E-state index is 12.9. The fourth-order valence-corrected chi connectivity index (χ4v) is 7.23. The van der Waals surface area contributed by atoms with Crippen molar-refractivity contribution < 1.29 is 43.5 Å². The Kier molecular flexibility index (Phi) is 18.2. The molecule has 10 atom stereocenters. The van der Waals surface area contributed by atoms with E-state index in [0.29, 0.717) is 30.8 Å². The molecule has 0 spiro atoms. The van der Waals surface area contributed by atoms with Gasteiger partial charge in [0.1, 0.15) is 24.4 Å². The first-order valence-electron chi connectivity index (χ1n) is 19.6. The molecule has 0 radical (unpaired) electrons. The number of esters is 2. The van der Waals surface area contributed by atoms with E-state index in [1.807, 2.05) is 26.8 Å². The molecule has 9 heteroatoms. The van der Waals surface area contributed by atoms with E-state index in [9.17, 15) is 19.8 Å². The Labute approximate surface area is 302 Å². The van der Waals surface area contributed by atoms with E-state index in [-0.39, 0.29) is 48.7 Å². The number of fused-ring (bicyclic) bond motifs is 1. The van der Waals surface area contributed by atoms with Crippen LogP contribution < -0.4 is 0 Å². The van der Waals surface area contributed by atoms with Crippen molar-refractivity contribution in [3.8, 4) is 0 Å². The molecule has 2 heterocycles. The number of hydrogen-bond donors (Lipinski definition) is 2. The van der Waals surface area contributed by atoms with Crippen LogP contribution in [0.4, 0.5) is 0 Å². The number of ether oxygens (including phenoxy) is 5. The van der Waals surface area contributed by atoms with Crippen LogP contribution in [-0.2, 0) is 33.3 Å². The van der Waals surface area contributed by atoms with Crippen LogP contribution in [0.5, 0.6) is 0 Å². The molecule has 0 aromatic heterocycles. The van der Waals surface area contributed by atoms with Gasteiger partial charge in [-0.3, -0.25) is 9.59 Å². The minimum atomic E-state index is -0.838. The number of aliphatic hydroxyl groups is 2. The lowest BCUT2D eigenvalue weighted by Gasteiger charge is -2.44. The SMILES string of the molecule is CCC(C)(C)C(=O)O[C@H]1C[C@@H](C)C=C2C=C[C@H](C)[C@H](CC[C@@H]3C[C@@H](O)CC(=O)O3)[C@H]21.CCCCCOC[C@H]1O[C@H](O)C=C[C@@H]1OCCCCC. The van der Waals surface area contributed by atoms with Crippen LogP contribution in [-0.4, -0.2) is 78.8 Å². The highest BCUT2D eigenvalue weighted by Gasteiger charge is 2.43. The number of cyclic esters (lactones) is 1. The zero-order valence-corrected chi connectivity index (χ0v) is 32.0. The Morgan fingerprint density at radius 1 is 0.960 bits per heavy atom. The maximum Gasteiger partial charge on any atom is 0.311 e. The standard InChI is InChI=1S/C25H38O5.C16H30O4/c1-6-25(4,5)24(28)30-21-12-15(2)11-17-8-7-16(3)20(23(17)21)10-9-19-13-18(26)14-22(27)29-19;1-3-5-7-11-18-13-15-14(9-10-16(17)20-15)19-12-8-6-4-2/h7-8,11,15-16,18-21,23,26H,6,9-10,12-14H2,1-5H3;9-10,14-17H,3-8,11-13H2,1-2H3/t15-,16-,18+,19+,20-,21-,23-;14-,15+,16-/m00/s1. The molecule has 1 saturated heterocycles. The van der Waals surface area contributed by atoms with Gasteiger partial charge in [0.05, 0.1) is 24.5 Å². The molecule has 2 aliphatic carbocycles. The molecule has 0 aromatic rings. The monoisotopic (exact) mass is 704 g/mol. The van der Waals surface area contributed by atoms with Crippen molar-refractivity contribution in [3.05, 3.63) is 36.0 Å². The van der Waals surface area contributed by atoms with Crippen LogP contribution in [0.2, 0.25) is 0 Å². The Morgan fingerprint density at radius 2 is 1.68 bits per heavy atom. The van der Waals surface area contributed by atoms with Crippen LogP contribution in [0.3, 0.4) is 0 Å². The first kappa shape index (κ1) is 42.4. The third kappa shape index (κ3) is 13.5. The van der Waals surface area contributed by atoms with Gasteiger partial charge in [0, 0.05) is 25.6 Å². The molecule has 0 saturated carbocycles. The van der Waals surface area contributed by atoms with Crippen molar-refractivity contribution in [1.29, 1.82) is 0 Å². The van der Waals surface area contributed by atoms with Crippen LogP contribution in [0.1, 0.15) is 126 Å². The lowest BCUT2D eigenvalue weighted by molar-refractivity contribution is -0.171. The number of carbonyl (C=O) groups is 2. The van der Waals surface area contributed by atoms with Gasteiger partial charge in [-0.25, -0.2) is 0 Å². The highest BCUT2D eigenvalue weighted by atomic mass is 16.6. The average Bonchev–Trinajstić information content (AvgIpc) is 3.07. The average molecular weight is 705 g/mol. The Balaban J connectivity index is 0.000000295. The molecule has 1 fully saturated rings. The van der Waals surface area contributed by atoms with Gasteiger partial charge in [-0.15, -0.1) is 0 Å². The van der Waals surface area contributed by atoms with Gasteiger partial charge in [-0.1, -0.05) is 84.6 Å². The van der Waals surface area contributed by atoms with Crippen molar-refractivity contribution in [2.24, 2.45) is 29.1 Å². The smallest absolute Gasteiger partial charge is 0.311 e. The summed E-state index contributed by atoms with van der Waals surface area (Å²) in [5, 5.41) is 19.4. The predicted molar refractivity (Wildman–Crippen MR) is 195 cm³/mol.